The molecule has 0 amide bonds. The number of hydrogen-bond acceptors (Lipinski definition) is 11. The van der Waals surface area contributed by atoms with Gasteiger partial charge in [-0.3, -0.25) is 4.79 Å². The molecule has 33 heavy (non-hydrogen) atoms. The zero-order chi connectivity index (χ0) is 24.0. The van der Waals surface area contributed by atoms with E-state index in [1.807, 2.05) is 0 Å². The molecule has 176 valence electrons. The molecule has 0 aliphatic carbocycles. The van der Waals surface area contributed by atoms with Crippen molar-refractivity contribution in [2.24, 2.45) is 0 Å². The lowest BCUT2D eigenvalue weighted by molar-refractivity contribution is -0.268. The van der Waals surface area contributed by atoms with Crippen molar-refractivity contribution in [3.8, 4) is 40.1 Å². The zero-order valence-electron chi connectivity index (χ0n) is 17.5. The molecule has 1 aliphatic rings. The summed E-state index contributed by atoms with van der Waals surface area (Å²) in [6.45, 7) is 1.44. The van der Waals surface area contributed by atoms with Crippen LogP contribution < -0.4 is 14.9 Å². The molecule has 0 saturated carbocycles. The van der Waals surface area contributed by atoms with Crippen LogP contribution in [0.4, 0.5) is 0 Å². The van der Waals surface area contributed by atoms with E-state index in [9.17, 15) is 35.4 Å². The molecule has 4 rings (SSSR count). The Kier molecular flexibility index (Phi) is 5.80. The highest BCUT2D eigenvalue weighted by molar-refractivity contribution is 5.88. The Bertz CT molecular complexity index is 1250. The van der Waals surface area contributed by atoms with E-state index in [-0.39, 0.29) is 28.0 Å². The molecule has 11 heteroatoms. The van der Waals surface area contributed by atoms with Crippen LogP contribution in [-0.4, -0.2) is 68.5 Å². The normalized spacial score (nSPS) is 25.2. The van der Waals surface area contributed by atoms with Gasteiger partial charge in [-0.15, -0.1) is 0 Å². The molecule has 2 heterocycles. The van der Waals surface area contributed by atoms with Crippen molar-refractivity contribution in [3.05, 3.63) is 40.6 Å². The van der Waals surface area contributed by atoms with Gasteiger partial charge in [0.05, 0.1) is 13.2 Å². The summed E-state index contributed by atoms with van der Waals surface area (Å²) in [7, 11) is 1.36. The van der Waals surface area contributed by atoms with Gasteiger partial charge in [-0.05, 0) is 25.1 Å². The van der Waals surface area contributed by atoms with Gasteiger partial charge >= 0.3 is 0 Å². The van der Waals surface area contributed by atoms with Crippen LogP contribution in [0.2, 0.25) is 0 Å². The van der Waals surface area contributed by atoms with E-state index in [0.29, 0.717) is 0 Å². The lowest BCUT2D eigenvalue weighted by Crippen LogP contribution is -2.58. The zero-order valence-corrected chi connectivity index (χ0v) is 17.5. The van der Waals surface area contributed by atoms with Crippen molar-refractivity contribution < 1.29 is 49.3 Å². The van der Waals surface area contributed by atoms with E-state index in [4.69, 9.17) is 18.6 Å². The number of fused-ring (bicyclic) bond motifs is 1. The lowest BCUT2D eigenvalue weighted by atomic mass is 10.00. The van der Waals surface area contributed by atoms with Gasteiger partial charge in [0, 0.05) is 17.7 Å². The number of aliphatic hydroxyl groups is 3. The van der Waals surface area contributed by atoms with Gasteiger partial charge in [-0.2, -0.15) is 0 Å². The maximum Gasteiger partial charge on any atom is 0.239 e. The molecule has 0 unspecified atom stereocenters. The molecule has 0 bridgehead atoms. The second kappa shape index (κ2) is 8.45. The van der Waals surface area contributed by atoms with Gasteiger partial charge in [-0.25, -0.2) is 0 Å². The average molecular weight is 462 g/mol. The molecule has 3 aromatic rings. The summed E-state index contributed by atoms with van der Waals surface area (Å²) in [6.07, 6.45) is -7.26. The van der Waals surface area contributed by atoms with Crippen molar-refractivity contribution in [2.45, 2.75) is 37.6 Å². The first-order chi connectivity index (χ1) is 15.6. The van der Waals surface area contributed by atoms with E-state index in [2.05, 4.69) is 0 Å². The number of phenols is 3. The largest absolute Gasteiger partial charge is 0.507 e. The van der Waals surface area contributed by atoms with Crippen LogP contribution in [0.15, 0.2) is 39.5 Å². The van der Waals surface area contributed by atoms with Crippen molar-refractivity contribution in [1.29, 1.82) is 0 Å². The first-order valence-electron chi connectivity index (χ1n) is 9.88. The minimum atomic E-state index is -1.73. The number of ether oxygens (including phenoxy) is 3. The lowest BCUT2D eigenvalue weighted by Gasteiger charge is -2.38. The second-order valence-corrected chi connectivity index (χ2v) is 7.61. The van der Waals surface area contributed by atoms with Crippen LogP contribution in [0, 0.1) is 0 Å². The van der Waals surface area contributed by atoms with Crippen molar-refractivity contribution in [3.63, 3.8) is 0 Å². The Morgan fingerprint density at radius 3 is 2.30 bits per heavy atom. The summed E-state index contributed by atoms with van der Waals surface area (Å²) < 4.78 is 22.0. The van der Waals surface area contributed by atoms with Crippen molar-refractivity contribution >= 4 is 11.0 Å². The number of methoxy groups -OCH3 is 1. The number of rotatable bonds is 4. The van der Waals surface area contributed by atoms with Crippen molar-refractivity contribution in [2.75, 3.05) is 7.11 Å². The highest BCUT2D eigenvalue weighted by atomic mass is 16.7. The van der Waals surface area contributed by atoms with Gasteiger partial charge in [0.15, 0.2) is 17.3 Å². The minimum absolute atomic E-state index is 0.0688. The predicted octanol–water partition coefficient (Wildman–Crippen LogP) is 0.792. The molecular formula is C22H22O11. The van der Waals surface area contributed by atoms with E-state index in [1.54, 1.807) is 0 Å². The summed E-state index contributed by atoms with van der Waals surface area (Å²) >= 11 is 0. The topological polar surface area (TPSA) is 179 Å². The Morgan fingerprint density at radius 1 is 0.909 bits per heavy atom. The van der Waals surface area contributed by atoms with Crippen LogP contribution >= 0.6 is 0 Å². The Morgan fingerprint density at radius 2 is 1.64 bits per heavy atom. The fourth-order valence-corrected chi connectivity index (χ4v) is 3.56. The van der Waals surface area contributed by atoms with Gasteiger partial charge in [0.25, 0.3) is 0 Å². The molecule has 1 aliphatic heterocycles. The van der Waals surface area contributed by atoms with E-state index >= 15 is 0 Å². The molecule has 0 spiro atoms. The SMILES string of the molecule is COc1cc(O)c2c(=O)c(O[C@@H]3O[C@@H](C)[C@H](O)[C@H](O)[C@@H]3O)c(-c3ccc(O)c(O)c3)oc2c1. The molecular weight excluding hydrogens is 440 g/mol. The molecule has 2 aromatic carbocycles. The smallest absolute Gasteiger partial charge is 0.239 e. The van der Waals surface area contributed by atoms with Crippen LogP contribution in [0.25, 0.3) is 22.3 Å². The number of aromatic hydroxyl groups is 3. The third-order valence-electron chi connectivity index (χ3n) is 5.42. The first kappa shape index (κ1) is 22.7. The Balaban J connectivity index is 1.93. The van der Waals surface area contributed by atoms with E-state index in [0.717, 1.165) is 12.1 Å². The molecule has 1 saturated heterocycles. The van der Waals surface area contributed by atoms with Crippen LogP contribution in [0.3, 0.4) is 0 Å². The highest BCUT2D eigenvalue weighted by Crippen LogP contribution is 2.39. The third kappa shape index (κ3) is 3.91. The number of hydrogen-bond donors (Lipinski definition) is 6. The maximum absolute atomic E-state index is 13.4. The monoisotopic (exact) mass is 462 g/mol. The Hall–Kier alpha value is -3.51. The van der Waals surface area contributed by atoms with E-state index in [1.165, 1.54) is 32.2 Å². The van der Waals surface area contributed by atoms with Crippen LogP contribution in [0.5, 0.6) is 28.7 Å². The van der Waals surface area contributed by atoms with Gasteiger partial charge in [0.1, 0.15) is 40.8 Å². The summed E-state index contributed by atoms with van der Waals surface area (Å²) in [6, 6.07) is 6.17. The highest BCUT2D eigenvalue weighted by Gasteiger charge is 2.44. The molecule has 5 atom stereocenters. The van der Waals surface area contributed by atoms with E-state index < -0.39 is 59.1 Å². The first-order valence-corrected chi connectivity index (χ1v) is 9.88. The maximum atomic E-state index is 13.4. The molecule has 1 aromatic heterocycles. The van der Waals surface area contributed by atoms with Crippen LogP contribution in [0.1, 0.15) is 6.92 Å². The standard InChI is InChI=1S/C22H22O11/c1-8-16(26)18(28)19(29)22(31-8)33-21-17(27)15-13(25)6-10(30-2)7-14(15)32-20(21)9-3-4-11(23)12(24)5-9/h3-8,16,18-19,22-26,28-29H,1-2H3/t8-,16-,18-,19-,22-/m0/s1. The van der Waals surface area contributed by atoms with Gasteiger partial charge in [-0.1, -0.05) is 0 Å². The summed E-state index contributed by atoms with van der Waals surface area (Å²) in [5.41, 5.74) is -0.802. The molecule has 11 nitrogen and oxygen atoms in total. The average Bonchev–Trinajstić information content (AvgIpc) is 2.78. The third-order valence-corrected chi connectivity index (χ3v) is 5.42. The fraction of sp³-hybridized carbons (Fsp3) is 0.318. The van der Waals surface area contributed by atoms with Gasteiger partial charge < -0.3 is 49.3 Å². The van der Waals surface area contributed by atoms with Gasteiger partial charge in [0.2, 0.25) is 17.5 Å². The Labute approximate surface area is 186 Å². The number of benzene rings is 2. The molecule has 1 fully saturated rings. The number of phenolic OH excluding ortho intramolecular Hbond substituents is 3. The fourth-order valence-electron chi connectivity index (χ4n) is 3.56. The molecule has 6 N–H and O–H groups in total. The summed E-state index contributed by atoms with van der Waals surface area (Å²) in [5, 5.41) is 60.0. The molecule has 0 radical (unpaired) electrons. The predicted molar refractivity (Wildman–Crippen MR) is 112 cm³/mol. The quantitative estimate of drug-likeness (QED) is 0.302. The second-order valence-electron chi connectivity index (χ2n) is 7.61. The summed E-state index contributed by atoms with van der Waals surface area (Å²) in [4.78, 5) is 13.4. The number of aliphatic hydroxyl groups excluding tert-OH is 3. The minimum Gasteiger partial charge on any atom is -0.507 e. The summed E-state index contributed by atoms with van der Waals surface area (Å²) in [5.74, 6) is -1.91. The van der Waals surface area contributed by atoms with Crippen LogP contribution in [-0.2, 0) is 4.74 Å². The van der Waals surface area contributed by atoms with Crippen molar-refractivity contribution in [1.82, 2.24) is 0 Å².